The van der Waals surface area contributed by atoms with Crippen LogP contribution in [0.3, 0.4) is 0 Å². The Morgan fingerprint density at radius 3 is 1.74 bits per heavy atom. The van der Waals surface area contributed by atoms with Crippen LogP contribution in [0.25, 0.3) is 0 Å². The number of nitrogens with zero attached hydrogens (tertiary/aromatic N) is 2. The van der Waals surface area contributed by atoms with E-state index in [1.54, 1.807) is 45.0 Å². The molecule has 1 fully saturated rings. The number of rotatable bonds is 23. The Labute approximate surface area is 477 Å². The van der Waals surface area contributed by atoms with E-state index < -0.39 is 89.1 Å². The minimum atomic E-state index is -1.67. The number of esters is 2. The van der Waals surface area contributed by atoms with E-state index in [0.717, 1.165) is 29.2 Å². The molecule has 81 heavy (non-hydrogen) atoms. The van der Waals surface area contributed by atoms with E-state index in [9.17, 15) is 38.4 Å². The topological polar surface area (TPSA) is 239 Å². The van der Waals surface area contributed by atoms with Crippen LogP contribution in [-0.2, 0) is 54.1 Å². The van der Waals surface area contributed by atoms with Gasteiger partial charge in [-0.25, -0.2) is 24.1 Å². The third kappa shape index (κ3) is 17.7. The molecular weight excluding hydrogens is 1050 g/mol. The first-order valence-corrected chi connectivity index (χ1v) is 27.9. The highest BCUT2D eigenvalue weighted by molar-refractivity contribution is 8.00. The number of carbonyl (C=O) groups excluding carboxylic acids is 8. The van der Waals surface area contributed by atoms with Crippen molar-refractivity contribution in [3.05, 3.63) is 167 Å². The molecule has 0 radical (unpaired) electrons. The summed E-state index contributed by atoms with van der Waals surface area (Å²) in [6.45, 7) is 13.0. The molecule has 1 aliphatic heterocycles. The molecule has 4 atom stereocenters. The minimum Gasteiger partial charge on any atom is -0.484 e. The molecule has 1 saturated heterocycles. The molecule has 1 aliphatic rings. The molecule has 6 rings (SSSR count). The summed E-state index contributed by atoms with van der Waals surface area (Å²) in [6, 6.07) is 37.9. The van der Waals surface area contributed by atoms with Gasteiger partial charge in [-0.1, -0.05) is 135 Å². The molecule has 0 spiro atoms. The van der Waals surface area contributed by atoms with Gasteiger partial charge in [-0.15, -0.1) is 11.8 Å². The van der Waals surface area contributed by atoms with E-state index in [4.69, 9.17) is 29.4 Å². The van der Waals surface area contributed by atoms with Crippen LogP contribution < -0.4 is 25.8 Å². The maximum absolute atomic E-state index is 14.8. The Balaban J connectivity index is 1.27. The first-order chi connectivity index (χ1) is 38.5. The average molecular weight is 1130 g/mol. The summed E-state index contributed by atoms with van der Waals surface area (Å²) < 4.78 is 27.7. The maximum Gasteiger partial charge on any atom is 0.417 e. The van der Waals surface area contributed by atoms with Crippen LogP contribution in [0.1, 0.15) is 95.5 Å². The van der Waals surface area contributed by atoms with Gasteiger partial charge in [0, 0.05) is 45.0 Å². The fourth-order valence-corrected chi connectivity index (χ4v) is 10.8. The predicted molar refractivity (Wildman–Crippen MR) is 306 cm³/mol. The standard InChI is InChI=1S/C62H73N5O13S/c1-40(2)36-50(64-54(69)38-76-53-27-19-18-20-41(53)3)56(71)65-51(37-44-28-30-49(31-29-44)79-59(74)66-34-32-45(33-35-66)55(63)70)57(72)77-43(5)78-58(73)52(67(42(4)68)60(75)80-61(6,7)8)39-81-62(46-21-12-9-13-22-46,47-23-14-10-15-24-47)48-25-16-11-17-26-48/h9-31,40,43,45,50-52H,32-39H2,1-8H3,(H2,63,70)(H,64,69)(H,65,71). The van der Waals surface area contributed by atoms with Gasteiger partial charge < -0.3 is 45.0 Å². The number of carbonyl (C=O) groups is 8. The molecule has 0 aliphatic carbocycles. The van der Waals surface area contributed by atoms with E-state index in [0.29, 0.717) is 29.1 Å². The molecule has 4 unspecified atom stereocenters. The number of nitrogens with one attached hydrogen (secondary N) is 2. The van der Waals surface area contributed by atoms with Crippen LogP contribution in [0.4, 0.5) is 9.59 Å². The van der Waals surface area contributed by atoms with Crippen molar-refractivity contribution >= 4 is 59.5 Å². The molecule has 4 N–H and O–H groups in total. The van der Waals surface area contributed by atoms with Crippen LogP contribution in [-0.4, -0.2) is 113 Å². The zero-order chi connectivity index (χ0) is 58.9. The molecule has 18 nitrogen and oxygen atoms in total. The zero-order valence-electron chi connectivity index (χ0n) is 47.1. The second-order valence-corrected chi connectivity index (χ2v) is 22.4. The second-order valence-electron chi connectivity index (χ2n) is 21.2. The molecule has 430 valence electrons. The summed E-state index contributed by atoms with van der Waals surface area (Å²) in [5.74, 6) is -4.71. The van der Waals surface area contributed by atoms with Crippen molar-refractivity contribution < 1.29 is 62.0 Å². The molecule has 5 aromatic rings. The maximum atomic E-state index is 14.8. The number of thioether (sulfide) groups is 1. The fraction of sp³-hybridized carbons (Fsp3) is 0.387. The normalized spacial score (nSPS) is 14.3. The number of nitrogens with two attached hydrogens (primary N) is 1. The number of amides is 6. The van der Waals surface area contributed by atoms with Crippen LogP contribution in [0.5, 0.6) is 11.5 Å². The van der Waals surface area contributed by atoms with E-state index in [1.165, 1.54) is 35.7 Å². The molecular formula is C62H73N5O13S. The first-order valence-electron chi connectivity index (χ1n) is 26.9. The van der Waals surface area contributed by atoms with Crippen molar-refractivity contribution in [2.45, 2.75) is 116 Å². The predicted octanol–water partition coefficient (Wildman–Crippen LogP) is 8.64. The zero-order valence-corrected chi connectivity index (χ0v) is 47.9. The number of hydrogen-bond donors (Lipinski definition) is 3. The van der Waals surface area contributed by atoms with Gasteiger partial charge in [0.25, 0.3) is 5.91 Å². The molecule has 0 bridgehead atoms. The van der Waals surface area contributed by atoms with Gasteiger partial charge in [0.2, 0.25) is 24.0 Å². The Morgan fingerprint density at radius 2 is 1.23 bits per heavy atom. The number of aryl methyl sites for hydroxylation is 1. The Hall–Kier alpha value is -8.19. The Morgan fingerprint density at radius 1 is 0.704 bits per heavy atom. The van der Waals surface area contributed by atoms with E-state index in [2.05, 4.69) is 10.6 Å². The van der Waals surface area contributed by atoms with Crippen molar-refractivity contribution in [1.29, 1.82) is 0 Å². The lowest BCUT2D eigenvalue weighted by molar-refractivity contribution is -0.189. The van der Waals surface area contributed by atoms with Crippen LogP contribution in [0.15, 0.2) is 140 Å². The number of benzene rings is 5. The lowest BCUT2D eigenvalue weighted by atomic mass is 9.84. The third-order valence-electron chi connectivity index (χ3n) is 13.2. The minimum absolute atomic E-state index is 0.104. The molecule has 6 amide bonds. The van der Waals surface area contributed by atoms with Gasteiger partial charge in [-0.3, -0.25) is 19.2 Å². The Kier molecular flexibility index (Phi) is 22.1. The average Bonchev–Trinajstić information content (AvgIpc) is 3.43. The van der Waals surface area contributed by atoms with Gasteiger partial charge in [0.1, 0.15) is 35.2 Å². The first kappa shape index (κ1) is 62.0. The van der Waals surface area contributed by atoms with E-state index in [1.807, 2.05) is 124 Å². The number of hydrogen-bond acceptors (Lipinski definition) is 14. The molecule has 5 aromatic carbocycles. The number of para-hydroxylation sites is 1. The lowest BCUT2D eigenvalue weighted by Gasteiger charge is -2.37. The number of ether oxygens (including phenoxy) is 5. The largest absolute Gasteiger partial charge is 0.484 e. The van der Waals surface area contributed by atoms with Gasteiger partial charge >= 0.3 is 24.1 Å². The number of piperidine rings is 1. The number of imide groups is 1. The van der Waals surface area contributed by atoms with Gasteiger partial charge in [0.15, 0.2) is 6.61 Å². The quantitative estimate of drug-likeness (QED) is 0.0315. The molecule has 0 saturated carbocycles. The summed E-state index contributed by atoms with van der Waals surface area (Å²) in [5, 5.41) is 5.48. The fourth-order valence-electron chi connectivity index (χ4n) is 9.23. The van der Waals surface area contributed by atoms with Crippen LogP contribution in [0.2, 0.25) is 0 Å². The summed E-state index contributed by atoms with van der Waals surface area (Å²) >= 11 is 1.28. The monoisotopic (exact) mass is 1130 g/mol. The van der Waals surface area contributed by atoms with Crippen molar-refractivity contribution in [2.75, 3.05) is 25.4 Å². The Bertz CT molecular complexity index is 2850. The SMILES string of the molecule is CC(=O)N(C(=O)OC(C)(C)C)C(CSC(c1ccccc1)(c1ccccc1)c1ccccc1)C(=O)OC(C)OC(=O)C(Cc1ccc(OC(=O)N2CCC(C(N)=O)CC2)cc1)NC(=O)C(CC(C)C)NC(=O)COc1ccccc1C. The molecule has 0 aromatic heterocycles. The van der Waals surface area contributed by atoms with E-state index >= 15 is 0 Å². The van der Waals surface area contributed by atoms with Gasteiger partial charge in [0.05, 0.1) is 4.75 Å². The van der Waals surface area contributed by atoms with Crippen molar-refractivity contribution in [1.82, 2.24) is 20.4 Å². The van der Waals surface area contributed by atoms with Gasteiger partial charge in [-0.05, 0) is 98.9 Å². The van der Waals surface area contributed by atoms with E-state index in [-0.39, 0.29) is 49.3 Å². The van der Waals surface area contributed by atoms with Gasteiger partial charge in [-0.2, -0.15) is 0 Å². The molecule has 1 heterocycles. The number of primary amides is 1. The lowest BCUT2D eigenvalue weighted by Crippen LogP contribution is -2.54. The summed E-state index contributed by atoms with van der Waals surface area (Å²) in [4.78, 5) is 112. The summed E-state index contributed by atoms with van der Waals surface area (Å²) in [7, 11) is 0. The third-order valence-corrected chi connectivity index (χ3v) is 14.8. The van der Waals surface area contributed by atoms with Crippen molar-refractivity contribution in [3.63, 3.8) is 0 Å². The summed E-state index contributed by atoms with van der Waals surface area (Å²) in [6.07, 6.45) is -2.61. The van der Waals surface area contributed by atoms with Crippen molar-refractivity contribution in [2.24, 2.45) is 17.6 Å². The highest BCUT2D eigenvalue weighted by atomic mass is 32.2. The number of likely N-dealkylation sites (tertiary alicyclic amines) is 1. The van der Waals surface area contributed by atoms with Crippen LogP contribution in [0, 0.1) is 18.8 Å². The van der Waals surface area contributed by atoms with Crippen LogP contribution >= 0.6 is 11.8 Å². The molecule has 19 heteroatoms. The highest BCUT2D eigenvalue weighted by Gasteiger charge is 2.44. The van der Waals surface area contributed by atoms with Crippen molar-refractivity contribution in [3.8, 4) is 11.5 Å². The summed E-state index contributed by atoms with van der Waals surface area (Å²) in [5.41, 5.74) is 8.17. The highest BCUT2D eigenvalue weighted by Crippen LogP contribution is 2.49. The smallest absolute Gasteiger partial charge is 0.417 e. The second kappa shape index (κ2) is 28.8.